The summed E-state index contributed by atoms with van der Waals surface area (Å²) < 4.78 is 1.64. The lowest BCUT2D eigenvalue weighted by Crippen LogP contribution is -2.23. The van der Waals surface area contributed by atoms with Crippen LogP contribution in [0.25, 0.3) is 10.9 Å². The molecule has 0 aliphatic carbocycles. The molecule has 0 amide bonds. The topological polar surface area (TPSA) is 54.3 Å². The molecule has 0 saturated carbocycles. The van der Waals surface area contributed by atoms with Gasteiger partial charge in [-0.25, -0.2) is 0 Å². The molecule has 0 fully saturated rings. The number of hydrogen-bond donors (Lipinski definition) is 2. The Labute approximate surface area is 112 Å². The average Bonchev–Trinajstić information content (AvgIpc) is 2.34. The molecule has 0 saturated heterocycles. The number of para-hydroxylation sites is 1. The van der Waals surface area contributed by atoms with E-state index in [2.05, 4.69) is 5.32 Å². The van der Waals surface area contributed by atoms with Crippen molar-refractivity contribution in [3.05, 3.63) is 40.7 Å². The molecule has 2 aromatic rings. The standard InChI is InChI=1S/C15H20N2O2/c1-10(8-11(2)18)16-13-9-15(19)17(3)14-7-5-4-6-12(13)14/h4-7,9-11,16,18H,8H2,1-3H3. The largest absolute Gasteiger partial charge is 0.393 e. The van der Waals surface area contributed by atoms with Gasteiger partial charge in [-0.2, -0.15) is 0 Å². The van der Waals surface area contributed by atoms with Gasteiger partial charge < -0.3 is 15.0 Å². The highest BCUT2D eigenvalue weighted by molar-refractivity contribution is 5.91. The van der Waals surface area contributed by atoms with Crippen LogP contribution in [-0.2, 0) is 7.05 Å². The molecule has 1 aromatic carbocycles. The second-order valence-electron chi connectivity index (χ2n) is 5.10. The molecule has 102 valence electrons. The number of anilines is 1. The summed E-state index contributed by atoms with van der Waals surface area (Å²) in [5.74, 6) is 0. The van der Waals surface area contributed by atoms with Crippen molar-refractivity contribution in [2.45, 2.75) is 32.4 Å². The van der Waals surface area contributed by atoms with Crippen LogP contribution in [0, 0.1) is 0 Å². The highest BCUT2D eigenvalue weighted by Crippen LogP contribution is 2.22. The summed E-state index contributed by atoms with van der Waals surface area (Å²) in [6, 6.07) is 9.52. The van der Waals surface area contributed by atoms with Gasteiger partial charge >= 0.3 is 0 Å². The van der Waals surface area contributed by atoms with Gasteiger partial charge in [0.05, 0.1) is 11.6 Å². The molecular weight excluding hydrogens is 240 g/mol. The van der Waals surface area contributed by atoms with Crippen molar-refractivity contribution in [3.8, 4) is 0 Å². The van der Waals surface area contributed by atoms with Gasteiger partial charge in [-0.05, 0) is 26.3 Å². The molecule has 0 spiro atoms. The zero-order chi connectivity index (χ0) is 14.0. The molecule has 0 aliphatic rings. The first-order chi connectivity index (χ1) is 8.99. The number of aryl methyl sites for hydroxylation is 1. The van der Waals surface area contributed by atoms with E-state index in [0.29, 0.717) is 6.42 Å². The van der Waals surface area contributed by atoms with Crippen LogP contribution >= 0.6 is 0 Å². The van der Waals surface area contributed by atoms with Crippen LogP contribution in [0.4, 0.5) is 5.69 Å². The smallest absolute Gasteiger partial charge is 0.252 e. The quantitative estimate of drug-likeness (QED) is 0.885. The van der Waals surface area contributed by atoms with Crippen LogP contribution in [0.2, 0.25) is 0 Å². The summed E-state index contributed by atoms with van der Waals surface area (Å²) in [6.45, 7) is 3.76. The van der Waals surface area contributed by atoms with Crippen LogP contribution in [0.1, 0.15) is 20.3 Å². The lowest BCUT2D eigenvalue weighted by atomic mass is 10.1. The molecule has 4 nitrogen and oxygen atoms in total. The first kappa shape index (κ1) is 13.6. The van der Waals surface area contributed by atoms with Crippen molar-refractivity contribution >= 4 is 16.6 Å². The molecule has 1 heterocycles. The average molecular weight is 260 g/mol. The normalized spacial score (nSPS) is 14.3. The van der Waals surface area contributed by atoms with E-state index in [1.807, 2.05) is 31.2 Å². The van der Waals surface area contributed by atoms with Crippen LogP contribution in [0.15, 0.2) is 35.1 Å². The number of nitrogens with one attached hydrogen (secondary N) is 1. The van der Waals surface area contributed by atoms with Gasteiger partial charge in [0, 0.05) is 30.2 Å². The summed E-state index contributed by atoms with van der Waals surface area (Å²) in [5.41, 5.74) is 1.69. The number of pyridine rings is 1. The van der Waals surface area contributed by atoms with Gasteiger partial charge in [0.1, 0.15) is 0 Å². The molecule has 2 atom stereocenters. The lowest BCUT2D eigenvalue weighted by molar-refractivity contribution is 0.179. The molecule has 2 unspecified atom stereocenters. The van der Waals surface area contributed by atoms with Crippen molar-refractivity contribution in [2.75, 3.05) is 5.32 Å². The molecule has 1 aromatic heterocycles. The molecule has 2 N–H and O–H groups in total. The molecular formula is C15H20N2O2. The Hall–Kier alpha value is -1.81. The van der Waals surface area contributed by atoms with Gasteiger partial charge in [-0.1, -0.05) is 18.2 Å². The van der Waals surface area contributed by atoms with Crippen molar-refractivity contribution in [3.63, 3.8) is 0 Å². The van der Waals surface area contributed by atoms with Gasteiger partial charge in [-0.15, -0.1) is 0 Å². The Kier molecular flexibility index (Phi) is 3.90. The zero-order valence-corrected chi connectivity index (χ0v) is 11.6. The fraction of sp³-hybridized carbons (Fsp3) is 0.400. The molecule has 4 heteroatoms. The molecule has 19 heavy (non-hydrogen) atoms. The Morgan fingerprint density at radius 3 is 2.68 bits per heavy atom. The zero-order valence-electron chi connectivity index (χ0n) is 11.6. The minimum absolute atomic E-state index is 0.0366. The van der Waals surface area contributed by atoms with Crippen LogP contribution in [0.3, 0.4) is 0 Å². The minimum Gasteiger partial charge on any atom is -0.393 e. The number of fused-ring (bicyclic) bond motifs is 1. The SMILES string of the molecule is CC(O)CC(C)Nc1cc(=O)n(C)c2ccccc12. The monoisotopic (exact) mass is 260 g/mol. The Bertz CT molecular complexity index is 632. The number of aromatic nitrogens is 1. The van der Waals surface area contributed by atoms with Crippen molar-refractivity contribution < 1.29 is 5.11 Å². The van der Waals surface area contributed by atoms with E-state index in [-0.39, 0.29) is 17.7 Å². The first-order valence-electron chi connectivity index (χ1n) is 6.52. The molecule has 0 aliphatic heterocycles. The summed E-state index contributed by atoms with van der Waals surface area (Å²) in [5, 5.41) is 13.7. The maximum Gasteiger partial charge on any atom is 0.252 e. The number of rotatable bonds is 4. The predicted octanol–water partition coefficient (Wildman–Crippen LogP) is 2.11. The van der Waals surface area contributed by atoms with Gasteiger partial charge in [0.25, 0.3) is 5.56 Å². The van der Waals surface area contributed by atoms with Crippen molar-refractivity contribution in [1.29, 1.82) is 0 Å². The van der Waals surface area contributed by atoms with Gasteiger partial charge in [0.2, 0.25) is 0 Å². The summed E-state index contributed by atoms with van der Waals surface area (Å²) >= 11 is 0. The van der Waals surface area contributed by atoms with E-state index < -0.39 is 0 Å². The highest BCUT2D eigenvalue weighted by Gasteiger charge is 2.10. The third-order valence-electron chi connectivity index (χ3n) is 3.25. The van der Waals surface area contributed by atoms with E-state index in [1.165, 1.54) is 0 Å². The summed E-state index contributed by atoms with van der Waals surface area (Å²) in [4.78, 5) is 11.9. The minimum atomic E-state index is -0.361. The number of aliphatic hydroxyl groups is 1. The fourth-order valence-electron chi connectivity index (χ4n) is 2.37. The third-order valence-corrected chi connectivity index (χ3v) is 3.25. The second kappa shape index (κ2) is 5.45. The summed E-state index contributed by atoms with van der Waals surface area (Å²) in [6.07, 6.45) is 0.282. The van der Waals surface area contributed by atoms with Gasteiger partial charge in [0.15, 0.2) is 0 Å². The van der Waals surface area contributed by atoms with Crippen molar-refractivity contribution in [1.82, 2.24) is 4.57 Å². The molecule has 2 rings (SSSR count). The lowest BCUT2D eigenvalue weighted by Gasteiger charge is -2.18. The van der Waals surface area contributed by atoms with Crippen LogP contribution in [-0.4, -0.2) is 21.8 Å². The molecule has 0 bridgehead atoms. The number of hydrogen-bond acceptors (Lipinski definition) is 3. The first-order valence-corrected chi connectivity index (χ1v) is 6.52. The van der Waals surface area contributed by atoms with Gasteiger partial charge in [-0.3, -0.25) is 4.79 Å². The van der Waals surface area contributed by atoms with Crippen molar-refractivity contribution in [2.24, 2.45) is 7.05 Å². The Morgan fingerprint density at radius 1 is 1.32 bits per heavy atom. The summed E-state index contributed by atoms with van der Waals surface area (Å²) in [7, 11) is 1.77. The molecule has 0 radical (unpaired) electrons. The van der Waals surface area contributed by atoms with E-state index >= 15 is 0 Å². The van der Waals surface area contributed by atoms with E-state index in [1.54, 1.807) is 24.6 Å². The highest BCUT2D eigenvalue weighted by atomic mass is 16.3. The Balaban J connectivity index is 2.43. The maximum atomic E-state index is 11.9. The second-order valence-corrected chi connectivity index (χ2v) is 5.10. The number of benzene rings is 1. The fourth-order valence-corrected chi connectivity index (χ4v) is 2.37. The van der Waals surface area contributed by atoms with Crippen LogP contribution < -0.4 is 10.9 Å². The number of nitrogens with zero attached hydrogens (tertiary/aromatic N) is 1. The van der Waals surface area contributed by atoms with E-state index in [9.17, 15) is 9.90 Å². The maximum absolute atomic E-state index is 11.9. The van der Waals surface area contributed by atoms with Crippen LogP contribution in [0.5, 0.6) is 0 Å². The predicted molar refractivity (Wildman–Crippen MR) is 78.6 cm³/mol. The number of aliphatic hydroxyl groups excluding tert-OH is 1. The Morgan fingerprint density at radius 2 is 2.00 bits per heavy atom. The third kappa shape index (κ3) is 2.96. The van der Waals surface area contributed by atoms with E-state index in [4.69, 9.17) is 0 Å². The van der Waals surface area contributed by atoms with E-state index in [0.717, 1.165) is 16.6 Å².